The maximum atomic E-state index is 12.6. The third-order valence-electron chi connectivity index (χ3n) is 3.11. The van der Waals surface area contributed by atoms with E-state index in [1.807, 2.05) is 0 Å². The van der Waals surface area contributed by atoms with E-state index >= 15 is 0 Å². The van der Waals surface area contributed by atoms with Crippen LogP contribution in [0.2, 0.25) is 5.02 Å². The van der Waals surface area contributed by atoms with Crippen LogP contribution >= 0.6 is 11.6 Å². The average Bonchev–Trinajstić information content (AvgIpc) is 2.37. The van der Waals surface area contributed by atoms with Gasteiger partial charge in [-0.25, -0.2) is 0 Å². The van der Waals surface area contributed by atoms with E-state index in [2.05, 4.69) is 0 Å². The van der Waals surface area contributed by atoms with Gasteiger partial charge in [0.15, 0.2) is 5.78 Å². The van der Waals surface area contributed by atoms with E-state index in [9.17, 15) is 18.0 Å². The van der Waals surface area contributed by atoms with E-state index < -0.39 is 11.7 Å². The average molecular weight is 313 g/mol. The molecule has 0 heterocycles. The van der Waals surface area contributed by atoms with Gasteiger partial charge in [0.25, 0.3) is 0 Å². The molecule has 0 aliphatic carbocycles. The first-order valence-corrected chi connectivity index (χ1v) is 6.60. The SMILES string of the molecule is Cc1cc(C(F)(F)F)ccc1C(=O)Cc1cccc(Cl)c1. The fourth-order valence-electron chi connectivity index (χ4n) is 2.08. The van der Waals surface area contributed by atoms with Gasteiger partial charge in [0.2, 0.25) is 0 Å². The van der Waals surface area contributed by atoms with Crippen LogP contribution in [0.1, 0.15) is 27.0 Å². The number of rotatable bonds is 3. The lowest BCUT2D eigenvalue weighted by molar-refractivity contribution is -0.137. The first-order chi connectivity index (χ1) is 9.77. The summed E-state index contributed by atoms with van der Waals surface area (Å²) in [6.07, 6.45) is -4.30. The third kappa shape index (κ3) is 3.85. The first kappa shape index (κ1) is 15.6. The topological polar surface area (TPSA) is 17.1 Å². The molecule has 5 heteroatoms. The van der Waals surface area contributed by atoms with Crippen molar-refractivity contribution in [2.24, 2.45) is 0 Å². The molecule has 0 aliphatic heterocycles. The molecule has 2 rings (SSSR count). The van der Waals surface area contributed by atoms with Crippen molar-refractivity contribution in [3.8, 4) is 0 Å². The molecule has 0 saturated carbocycles. The molecule has 2 aromatic carbocycles. The van der Waals surface area contributed by atoms with Crippen LogP contribution in [-0.4, -0.2) is 5.78 Å². The molecule has 0 bridgehead atoms. The lowest BCUT2D eigenvalue weighted by Gasteiger charge is -2.10. The van der Waals surface area contributed by atoms with E-state index in [0.717, 1.165) is 17.7 Å². The van der Waals surface area contributed by atoms with Gasteiger partial charge in [-0.05, 0) is 42.3 Å². The Morgan fingerprint density at radius 3 is 2.43 bits per heavy atom. The Kier molecular flexibility index (Phi) is 4.37. The molecule has 0 aliphatic rings. The Bertz CT molecular complexity index is 677. The van der Waals surface area contributed by atoms with E-state index in [1.165, 1.54) is 13.0 Å². The maximum Gasteiger partial charge on any atom is 0.416 e. The summed E-state index contributed by atoms with van der Waals surface area (Å²) in [4.78, 5) is 12.2. The number of hydrogen-bond donors (Lipinski definition) is 0. The molecule has 0 N–H and O–H groups in total. The molecule has 1 nitrogen and oxygen atoms in total. The van der Waals surface area contributed by atoms with Crippen LogP contribution in [-0.2, 0) is 12.6 Å². The van der Waals surface area contributed by atoms with E-state index in [-0.39, 0.29) is 12.2 Å². The molecule has 110 valence electrons. The predicted molar refractivity (Wildman–Crippen MR) is 75.7 cm³/mol. The summed E-state index contributed by atoms with van der Waals surface area (Å²) in [5, 5.41) is 0.518. The Hall–Kier alpha value is -1.81. The highest BCUT2D eigenvalue weighted by molar-refractivity contribution is 6.30. The van der Waals surface area contributed by atoms with Gasteiger partial charge >= 0.3 is 6.18 Å². The van der Waals surface area contributed by atoms with Crippen molar-refractivity contribution in [1.82, 2.24) is 0 Å². The highest BCUT2D eigenvalue weighted by Gasteiger charge is 2.30. The number of halogens is 4. The first-order valence-electron chi connectivity index (χ1n) is 6.23. The Morgan fingerprint density at radius 1 is 1.14 bits per heavy atom. The largest absolute Gasteiger partial charge is 0.416 e. The second kappa shape index (κ2) is 5.90. The van der Waals surface area contributed by atoms with Gasteiger partial charge in [-0.2, -0.15) is 13.2 Å². The number of Topliss-reactive ketones (excluding diaryl/α,β-unsaturated/α-hetero) is 1. The normalized spacial score (nSPS) is 11.5. The molecule has 0 atom stereocenters. The molecular weight excluding hydrogens is 301 g/mol. The third-order valence-corrected chi connectivity index (χ3v) is 3.34. The van der Waals surface area contributed by atoms with Crippen LogP contribution < -0.4 is 0 Å². The number of alkyl halides is 3. The van der Waals surface area contributed by atoms with E-state index in [4.69, 9.17) is 11.6 Å². The van der Waals surface area contributed by atoms with Gasteiger partial charge in [0, 0.05) is 17.0 Å². The smallest absolute Gasteiger partial charge is 0.294 e. The lowest BCUT2D eigenvalue weighted by Crippen LogP contribution is -2.09. The molecule has 0 aromatic heterocycles. The van der Waals surface area contributed by atoms with E-state index in [1.54, 1.807) is 24.3 Å². The van der Waals surface area contributed by atoms with Crippen LogP contribution in [0.15, 0.2) is 42.5 Å². The van der Waals surface area contributed by atoms with Gasteiger partial charge in [0.1, 0.15) is 0 Å². The molecular formula is C16H12ClF3O. The minimum Gasteiger partial charge on any atom is -0.294 e. The Morgan fingerprint density at radius 2 is 1.86 bits per heavy atom. The number of hydrogen-bond acceptors (Lipinski definition) is 1. The summed E-state index contributed by atoms with van der Waals surface area (Å²) in [5.74, 6) is -0.233. The number of ketones is 1. The van der Waals surface area contributed by atoms with Crippen LogP contribution in [0, 0.1) is 6.92 Å². The maximum absolute atomic E-state index is 12.6. The van der Waals surface area contributed by atoms with Crippen LogP contribution in [0.4, 0.5) is 13.2 Å². The predicted octanol–water partition coefficient (Wildman–Crippen LogP) is 5.09. The van der Waals surface area contributed by atoms with Crippen LogP contribution in [0.3, 0.4) is 0 Å². The number of aryl methyl sites for hydroxylation is 1. The molecule has 0 amide bonds. The highest BCUT2D eigenvalue weighted by atomic mass is 35.5. The van der Waals surface area contributed by atoms with Gasteiger partial charge in [0.05, 0.1) is 5.56 Å². The standard InChI is InChI=1S/C16H12ClF3O/c1-10-7-12(16(18,19)20)5-6-14(10)15(21)9-11-3-2-4-13(17)8-11/h2-8H,9H2,1H3. The van der Waals surface area contributed by atoms with E-state index in [0.29, 0.717) is 16.1 Å². The van der Waals surface area contributed by atoms with Crippen molar-refractivity contribution in [2.45, 2.75) is 19.5 Å². The lowest BCUT2D eigenvalue weighted by atomic mass is 9.97. The fourth-order valence-corrected chi connectivity index (χ4v) is 2.29. The van der Waals surface area contributed by atoms with Gasteiger partial charge in [-0.1, -0.05) is 29.8 Å². The summed E-state index contributed by atoms with van der Waals surface area (Å²) < 4.78 is 37.8. The number of carbonyl (C=O) groups excluding carboxylic acids is 1. The van der Waals surface area contributed by atoms with Crippen molar-refractivity contribution < 1.29 is 18.0 Å². The van der Waals surface area contributed by atoms with Crippen molar-refractivity contribution >= 4 is 17.4 Å². The summed E-state index contributed by atoms with van der Waals surface area (Å²) >= 11 is 5.84. The molecule has 0 spiro atoms. The fraction of sp³-hybridized carbons (Fsp3) is 0.188. The number of benzene rings is 2. The van der Waals surface area contributed by atoms with Crippen molar-refractivity contribution in [1.29, 1.82) is 0 Å². The summed E-state index contributed by atoms with van der Waals surface area (Å²) in [7, 11) is 0. The Labute approximate surface area is 125 Å². The number of carbonyl (C=O) groups is 1. The molecule has 0 unspecified atom stereocenters. The minimum atomic E-state index is -4.40. The molecule has 2 aromatic rings. The van der Waals surface area contributed by atoms with Crippen molar-refractivity contribution in [2.75, 3.05) is 0 Å². The van der Waals surface area contributed by atoms with Crippen LogP contribution in [0.25, 0.3) is 0 Å². The minimum absolute atomic E-state index is 0.104. The Balaban J connectivity index is 2.24. The van der Waals surface area contributed by atoms with Crippen LogP contribution in [0.5, 0.6) is 0 Å². The summed E-state index contributed by atoms with van der Waals surface area (Å²) in [6.45, 7) is 1.50. The second-order valence-electron chi connectivity index (χ2n) is 4.76. The van der Waals surface area contributed by atoms with Crippen molar-refractivity contribution in [3.05, 3.63) is 69.7 Å². The quantitative estimate of drug-likeness (QED) is 0.721. The monoisotopic (exact) mass is 312 g/mol. The summed E-state index contributed by atoms with van der Waals surface area (Å²) in [6, 6.07) is 9.99. The molecule has 0 saturated heterocycles. The second-order valence-corrected chi connectivity index (χ2v) is 5.19. The molecule has 0 fully saturated rings. The molecule has 0 radical (unpaired) electrons. The van der Waals surface area contributed by atoms with Crippen molar-refractivity contribution in [3.63, 3.8) is 0 Å². The zero-order valence-corrected chi connectivity index (χ0v) is 11.9. The zero-order valence-electron chi connectivity index (χ0n) is 11.2. The summed E-state index contributed by atoms with van der Waals surface area (Å²) in [5.41, 5.74) is 0.589. The molecule has 21 heavy (non-hydrogen) atoms. The highest BCUT2D eigenvalue weighted by Crippen LogP contribution is 2.30. The van der Waals surface area contributed by atoms with Gasteiger partial charge in [-0.15, -0.1) is 0 Å². The van der Waals surface area contributed by atoms with Gasteiger partial charge < -0.3 is 0 Å². The zero-order chi connectivity index (χ0) is 15.6. The van der Waals surface area contributed by atoms with Gasteiger partial charge in [-0.3, -0.25) is 4.79 Å².